The van der Waals surface area contributed by atoms with Crippen molar-refractivity contribution in [2.45, 2.75) is 32.6 Å². The lowest BCUT2D eigenvalue weighted by atomic mass is 9.73. The molecule has 1 aliphatic heterocycles. The summed E-state index contributed by atoms with van der Waals surface area (Å²) in [6.07, 6.45) is 3.55. The fourth-order valence-electron chi connectivity index (χ4n) is 4.25. The third-order valence-corrected chi connectivity index (χ3v) is 6.47. The lowest BCUT2D eigenvalue weighted by molar-refractivity contribution is -0.135. The highest BCUT2D eigenvalue weighted by Crippen LogP contribution is 2.35. The normalized spacial score (nSPS) is 15.8. The number of nitrogens with one attached hydrogen (secondary N) is 1. The van der Waals surface area contributed by atoms with Crippen LogP contribution in [0.15, 0.2) is 46.9 Å². The van der Waals surface area contributed by atoms with Crippen molar-refractivity contribution < 1.29 is 13.9 Å². The van der Waals surface area contributed by atoms with Gasteiger partial charge in [-0.05, 0) is 79.6 Å². The molecule has 0 unspecified atom stereocenters. The summed E-state index contributed by atoms with van der Waals surface area (Å²) in [7, 11) is 1.96. The lowest BCUT2D eigenvalue weighted by Crippen LogP contribution is -2.48. The maximum Gasteiger partial charge on any atom is 0.260 e. The van der Waals surface area contributed by atoms with Gasteiger partial charge in [0.25, 0.3) is 5.91 Å². The molecule has 0 aromatic heterocycles. The van der Waals surface area contributed by atoms with Crippen LogP contribution in [0.4, 0.5) is 4.39 Å². The average molecular weight is 477 g/mol. The van der Waals surface area contributed by atoms with Crippen LogP contribution in [-0.2, 0) is 17.6 Å². The van der Waals surface area contributed by atoms with Crippen molar-refractivity contribution in [3.8, 4) is 5.75 Å². The highest BCUT2D eigenvalue weighted by Gasteiger charge is 2.35. The summed E-state index contributed by atoms with van der Waals surface area (Å²) in [6.45, 7) is 4.44. The molecule has 0 atom stereocenters. The van der Waals surface area contributed by atoms with Gasteiger partial charge in [-0.15, -0.1) is 0 Å². The maximum atomic E-state index is 13.2. The Morgan fingerprint density at radius 1 is 1.20 bits per heavy atom. The molecule has 0 spiro atoms. The number of hydrogen-bond donors (Lipinski definition) is 1. The average Bonchev–Trinajstić information content (AvgIpc) is 2.75. The minimum Gasteiger partial charge on any atom is -0.483 e. The number of carbonyl (C=O) groups is 1. The van der Waals surface area contributed by atoms with E-state index in [1.54, 1.807) is 0 Å². The smallest absolute Gasteiger partial charge is 0.260 e. The van der Waals surface area contributed by atoms with Crippen molar-refractivity contribution in [2.24, 2.45) is 5.41 Å². The second-order valence-corrected chi connectivity index (χ2v) is 9.02. The van der Waals surface area contributed by atoms with Gasteiger partial charge < -0.3 is 15.0 Å². The van der Waals surface area contributed by atoms with E-state index in [1.807, 2.05) is 42.3 Å². The van der Waals surface area contributed by atoms with Gasteiger partial charge in [-0.2, -0.15) is 0 Å². The molecule has 1 heterocycles. The molecule has 0 radical (unpaired) electrons. The van der Waals surface area contributed by atoms with Crippen LogP contribution in [0.3, 0.4) is 0 Å². The lowest BCUT2D eigenvalue weighted by Gasteiger charge is -2.42. The van der Waals surface area contributed by atoms with Gasteiger partial charge in [0.05, 0.1) is 0 Å². The second kappa shape index (κ2) is 10.4. The van der Waals surface area contributed by atoms with Gasteiger partial charge in [0.15, 0.2) is 6.61 Å². The van der Waals surface area contributed by atoms with Crippen LogP contribution < -0.4 is 10.1 Å². The zero-order valence-electron chi connectivity index (χ0n) is 17.7. The maximum absolute atomic E-state index is 13.2. The number of likely N-dealkylation sites (tertiary alicyclic amines) is 1. The summed E-state index contributed by atoms with van der Waals surface area (Å²) in [6, 6.07) is 12.6. The number of aryl methyl sites for hydroxylation is 1. The number of nitrogens with zero attached hydrogens (tertiary/aromatic N) is 1. The minimum absolute atomic E-state index is 0.0276. The van der Waals surface area contributed by atoms with Gasteiger partial charge in [-0.25, -0.2) is 4.39 Å². The molecule has 1 saturated heterocycles. The van der Waals surface area contributed by atoms with Crippen LogP contribution >= 0.6 is 15.9 Å². The number of rotatable bonds is 8. The minimum atomic E-state index is -0.209. The quantitative estimate of drug-likeness (QED) is 0.605. The van der Waals surface area contributed by atoms with E-state index >= 15 is 0 Å². The highest BCUT2D eigenvalue weighted by molar-refractivity contribution is 9.10. The number of halogens is 2. The van der Waals surface area contributed by atoms with E-state index in [1.165, 1.54) is 12.1 Å². The second-order valence-electron chi connectivity index (χ2n) is 8.11. The van der Waals surface area contributed by atoms with Gasteiger partial charge in [-0.1, -0.05) is 35.0 Å². The molecule has 1 amide bonds. The predicted octanol–water partition coefficient (Wildman–Crippen LogP) is 4.60. The van der Waals surface area contributed by atoms with Crippen molar-refractivity contribution in [3.63, 3.8) is 0 Å². The SMILES string of the molecule is CCc1cc(Br)ccc1OCC(=O)N1CCC(CNC)(Cc2ccc(F)cc2)CC1. The van der Waals surface area contributed by atoms with Crippen LogP contribution in [0.1, 0.15) is 30.9 Å². The van der Waals surface area contributed by atoms with E-state index in [9.17, 15) is 9.18 Å². The summed E-state index contributed by atoms with van der Waals surface area (Å²) in [4.78, 5) is 14.6. The van der Waals surface area contributed by atoms with Crippen molar-refractivity contribution >= 4 is 21.8 Å². The summed E-state index contributed by atoms with van der Waals surface area (Å²) in [5.74, 6) is 0.588. The Labute approximate surface area is 186 Å². The molecule has 2 aromatic rings. The van der Waals surface area contributed by atoms with Crippen LogP contribution in [0.25, 0.3) is 0 Å². The largest absolute Gasteiger partial charge is 0.483 e. The topological polar surface area (TPSA) is 41.6 Å². The number of amides is 1. The molecule has 1 N–H and O–H groups in total. The Morgan fingerprint density at radius 2 is 1.90 bits per heavy atom. The predicted molar refractivity (Wildman–Crippen MR) is 121 cm³/mol. The Kier molecular flexibility index (Phi) is 7.89. The van der Waals surface area contributed by atoms with E-state index in [4.69, 9.17) is 4.74 Å². The first-order chi connectivity index (χ1) is 14.4. The number of piperidine rings is 1. The zero-order chi connectivity index (χ0) is 21.6. The molecular weight excluding hydrogens is 447 g/mol. The highest BCUT2D eigenvalue weighted by atomic mass is 79.9. The molecule has 1 fully saturated rings. The molecule has 162 valence electrons. The van der Waals surface area contributed by atoms with Crippen LogP contribution in [0, 0.1) is 11.2 Å². The molecule has 30 heavy (non-hydrogen) atoms. The van der Waals surface area contributed by atoms with Crippen molar-refractivity contribution in [1.29, 1.82) is 0 Å². The molecule has 6 heteroatoms. The first-order valence-electron chi connectivity index (χ1n) is 10.5. The molecule has 0 saturated carbocycles. The molecule has 3 rings (SSSR count). The van der Waals surface area contributed by atoms with Crippen LogP contribution in [0.5, 0.6) is 5.75 Å². The Bertz CT molecular complexity index is 849. The number of hydrogen-bond acceptors (Lipinski definition) is 3. The van der Waals surface area contributed by atoms with Crippen molar-refractivity contribution in [3.05, 3.63) is 63.9 Å². The van der Waals surface area contributed by atoms with Crippen LogP contribution in [-0.4, -0.2) is 44.1 Å². The summed E-state index contributed by atoms with van der Waals surface area (Å²) in [5.41, 5.74) is 2.30. The van der Waals surface area contributed by atoms with E-state index in [2.05, 4.69) is 28.2 Å². The Hall–Kier alpha value is -1.92. The summed E-state index contributed by atoms with van der Waals surface area (Å²) < 4.78 is 20.1. The standard InChI is InChI=1S/C24H30BrFN2O2/c1-3-19-14-20(25)6-9-22(19)30-16-23(29)28-12-10-24(11-13-28,17-27-2)15-18-4-7-21(26)8-5-18/h4-9,14,27H,3,10-13,15-17H2,1-2H3. The molecule has 2 aromatic carbocycles. The van der Waals surface area contributed by atoms with E-state index in [-0.39, 0.29) is 23.7 Å². The van der Waals surface area contributed by atoms with Gasteiger partial charge in [0, 0.05) is 24.1 Å². The number of ether oxygens (including phenoxy) is 1. The Morgan fingerprint density at radius 3 is 2.53 bits per heavy atom. The van der Waals surface area contributed by atoms with E-state index in [0.29, 0.717) is 13.1 Å². The fraction of sp³-hybridized carbons (Fsp3) is 0.458. The molecule has 0 aliphatic carbocycles. The zero-order valence-corrected chi connectivity index (χ0v) is 19.3. The van der Waals surface area contributed by atoms with Crippen molar-refractivity contribution in [2.75, 3.05) is 33.3 Å². The van der Waals surface area contributed by atoms with Crippen LogP contribution in [0.2, 0.25) is 0 Å². The molecule has 0 bridgehead atoms. The Balaban J connectivity index is 1.57. The van der Waals surface area contributed by atoms with Gasteiger partial charge in [0.1, 0.15) is 11.6 Å². The van der Waals surface area contributed by atoms with E-state index in [0.717, 1.165) is 53.6 Å². The van der Waals surface area contributed by atoms with Crippen molar-refractivity contribution in [1.82, 2.24) is 10.2 Å². The van der Waals surface area contributed by atoms with E-state index < -0.39 is 0 Å². The summed E-state index contributed by atoms with van der Waals surface area (Å²) in [5, 5.41) is 3.31. The fourth-order valence-corrected chi connectivity index (χ4v) is 4.66. The molecule has 1 aliphatic rings. The first-order valence-corrected chi connectivity index (χ1v) is 11.3. The number of carbonyl (C=O) groups excluding carboxylic acids is 1. The van der Waals surface area contributed by atoms with Gasteiger partial charge in [-0.3, -0.25) is 4.79 Å². The third kappa shape index (κ3) is 5.82. The monoisotopic (exact) mass is 476 g/mol. The molecule has 4 nitrogen and oxygen atoms in total. The summed E-state index contributed by atoms with van der Waals surface area (Å²) >= 11 is 3.48. The number of benzene rings is 2. The molecular formula is C24H30BrFN2O2. The third-order valence-electron chi connectivity index (χ3n) is 5.98. The van der Waals surface area contributed by atoms with Gasteiger partial charge >= 0.3 is 0 Å². The first kappa shape index (κ1) is 22.8. The van der Waals surface area contributed by atoms with Gasteiger partial charge in [0.2, 0.25) is 0 Å².